The van der Waals surface area contributed by atoms with Crippen LogP contribution in [-0.2, 0) is 39.0 Å². The van der Waals surface area contributed by atoms with Crippen LogP contribution >= 0.6 is 11.6 Å². The quantitative estimate of drug-likeness (QED) is 0.166. The lowest BCUT2D eigenvalue weighted by atomic mass is 10.0. The molecule has 0 heterocycles. The second-order valence-corrected chi connectivity index (χ2v) is 13.3. The van der Waals surface area contributed by atoms with Gasteiger partial charge in [0.15, 0.2) is 0 Å². The minimum atomic E-state index is -4.16. The van der Waals surface area contributed by atoms with E-state index in [4.69, 9.17) is 11.6 Å². The van der Waals surface area contributed by atoms with Gasteiger partial charge in [-0.05, 0) is 66.8 Å². The zero-order valence-corrected chi connectivity index (χ0v) is 27.5. The fourth-order valence-electron chi connectivity index (χ4n) is 5.11. The summed E-state index contributed by atoms with van der Waals surface area (Å²) in [5, 5.41) is 3.55. The lowest BCUT2D eigenvalue weighted by Crippen LogP contribution is -2.54. The van der Waals surface area contributed by atoms with Crippen molar-refractivity contribution in [3.8, 4) is 0 Å². The van der Waals surface area contributed by atoms with Gasteiger partial charge in [0, 0.05) is 24.0 Å². The molecular weight excluding hydrogens is 606 g/mol. The van der Waals surface area contributed by atoms with Crippen molar-refractivity contribution in [3.05, 3.63) is 131 Å². The summed E-state index contributed by atoms with van der Waals surface area (Å²) in [6.07, 6.45) is 1.51. The Bertz CT molecular complexity index is 1680. The fourth-order valence-corrected chi connectivity index (χ4v) is 6.80. The van der Waals surface area contributed by atoms with E-state index in [0.717, 1.165) is 16.7 Å². The minimum Gasteiger partial charge on any atom is -0.352 e. The number of nitrogens with zero attached hydrogens (tertiary/aromatic N) is 2. The molecule has 45 heavy (non-hydrogen) atoms. The molecule has 1 N–H and O–H groups in total. The Hall–Kier alpha value is -4.14. The predicted molar refractivity (Wildman–Crippen MR) is 181 cm³/mol. The molecule has 2 atom stereocenters. The average Bonchev–Trinajstić information content (AvgIpc) is 3.05. The van der Waals surface area contributed by atoms with Crippen molar-refractivity contribution in [3.63, 3.8) is 0 Å². The highest BCUT2D eigenvalue weighted by molar-refractivity contribution is 7.92. The molecule has 0 spiro atoms. The first-order valence-electron chi connectivity index (χ1n) is 15.2. The van der Waals surface area contributed by atoms with Gasteiger partial charge in [-0.2, -0.15) is 0 Å². The number of carbonyl (C=O) groups is 2. The lowest BCUT2D eigenvalue weighted by molar-refractivity contribution is -0.140. The van der Waals surface area contributed by atoms with Gasteiger partial charge in [-0.1, -0.05) is 104 Å². The molecule has 0 aliphatic rings. The second kappa shape index (κ2) is 15.7. The van der Waals surface area contributed by atoms with E-state index >= 15 is 0 Å². The molecule has 0 saturated carbocycles. The van der Waals surface area contributed by atoms with Crippen molar-refractivity contribution < 1.29 is 18.0 Å². The van der Waals surface area contributed by atoms with Gasteiger partial charge < -0.3 is 10.2 Å². The van der Waals surface area contributed by atoms with Gasteiger partial charge >= 0.3 is 0 Å². The molecule has 0 fully saturated rings. The van der Waals surface area contributed by atoms with Crippen LogP contribution in [0.3, 0.4) is 0 Å². The largest absolute Gasteiger partial charge is 0.352 e. The standard InChI is InChI=1S/C36H40ClN3O4S/c1-4-27(3)38-36(42)34(24-28-15-8-6-9-16-28)39(25-29-17-14-19-31(37)23-29)35(41)26-40(33-22-13-12-18-30(33)5-2)45(43,44)32-20-10-7-11-21-32/h6-23,27,34H,4-5,24-26H2,1-3H3,(H,38,42)/t27-,34+/m0/s1. The average molecular weight is 646 g/mol. The molecular formula is C36H40ClN3O4S. The van der Waals surface area contributed by atoms with E-state index in [2.05, 4.69) is 5.32 Å². The number of benzene rings is 4. The summed E-state index contributed by atoms with van der Waals surface area (Å²) in [6, 6.07) is 30.8. The Kier molecular flexibility index (Phi) is 11.8. The van der Waals surface area contributed by atoms with Gasteiger partial charge in [0.25, 0.3) is 10.0 Å². The molecule has 0 aliphatic carbocycles. The molecule has 236 valence electrons. The normalized spacial score (nSPS) is 12.6. The van der Waals surface area contributed by atoms with Crippen molar-refractivity contribution in [2.24, 2.45) is 0 Å². The highest BCUT2D eigenvalue weighted by atomic mass is 35.5. The molecule has 4 aromatic rings. The van der Waals surface area contributed by atoms with E-state index < -0.39 is 28.5 Å². The summed E-state index contributed by atoms with van der Waals surface area (Å²) >= 11 is 6.32. The van der Waals surface area contributed by atoms with Crippen LogP contribution in [0.2, 0.25) is 5.02 Å². The minimum absolute atomic E-state index is 0.0550. The molecule has 4 aromatic carbocycles. The van der Waals surface area contributed by atoms with Crippen LogP contribution in [0.1, 0.15) is 43.9 Å². The Morgan fingerprint density at radius 3 is 2.09 bits per heavy atom. The first-order valence-corrected chi connectivity index (χ1v) is 17.0. The van der Waals surface area contributed by atoms with Crippen LogP contribution in [0.25, 0.3) is 0 Å². The van der Waals surface area contributed by atoms with Crippen molar-refractivity contribution in [1.29, 1.82) is 0 Å². The van der Waals surface area contributed by atoms with Crippen molar-refractivity contribution in [2.45, 2.75) is 63.6 Å². The lowest BCUT2D eigenvalue weighted by Gasteiger charge is -2.34. The molecule has 0 radical (unpaired) electrons. The van der Waals surface area contributed by atoms with Gasteiger partial charge in [-0.25, -0.2) is 8.42 Å². The molecule has 9 heteroatoms. The first-order chi connectivity index (χ1) is 21.6. The van der Waals surface area contributed by atoms with Crippen LogP contribution < -0.4 is 9.62 Å². The molecule has 0 bridgehead atoms. The van der Waals surface area contributed by atoms with E-state index in [-0.39, 0.29) is 29.8 Å². The van der Waals surface area contributed by atoms with Crippen molar-refractivity contribution >= 4 is 39.1 Å². The SMILES string of the molecule is CCc1ccccc1N(CC(=O)N(Cc1cccc(Cl)c1)[C@H](Cc1ccccc1)C(=O)N[C@@H](C)CC)S(=O)(=O)c1ccccc1. The number of amides is 2. The zero-order valence-electron chi connectivity index (χ0n) is 25.9. The summed E-state index contributed by atoms with van der Waals surface area (Å²) < 4.78 is 29.6. The zero-order chi connectivity index (χ0) is 32.4. The van der Waals surface area contributed by atoms with Crippen LogP contribution in [0, 0.1) is 0 Å². The van der Waals surface area contributed by atoms with Gasteiger partial charge in [-0.3, -0.25) is 13.9 Å². The third-order valence-corrected chi connectivity index (χ3v) is 9.77. The number of hydrogen-bond acceptors (Lipinski definition) is 4. The maximum absolute atomic E-state index is 14.6. The number of aryl methyl sites for hydroxylation is 1. The van der Waals surface area contributed by atoms with Gasteiger partial charge in [0.05, 0.1) is 10.6 Å². The van der Waals surface area contributed by atoms with Crippen LogP contribution in [-0.4, -0.2) is 43.8 Å². The van der Waals surface area contributed by atoms with Crippen LogP contribution in [0.5, 0.6) is 0 Å². The van der Waals surface area contributed by atoms with Gasteiger partial charge in [0.2, 0.25) is 11.8 Å². The Morgan fingerprint density at radius 2 is 1.44 bits per heavy atom. The van der Waals surface area contributed by atoms with E-state index in [9.17, 15) is 18.0 Å². The fraction of sp³-hybridized carbons (Fsp3) is 0.278. The number of nitrogens with one attached hydrogen (secondary N) is 1. The van der Waals surface area contributed by atoms with E-state index in [0.29, 0.717) is 23.6 Å². The Labute approximate surface area is 271 Å². The summed E-state index contributed by atoms with van der Waals surface area (Å²) in [5.41, 5.74) is 2.79. The summed E-state index contributed by atoms with van der Waals surface area (Å²) in [5.74, 6) is -0.823. The van der Waals surface area contributed by atoms with Crippen LogP contribution in [0.4, 0.5) is 5.69 Å². The van der Waals surface area contributed by atoms with Gasteiger partial charge in [-0.15, -0.1) is 0 Å². The summed E-state index contributed by atoms with van der Waals surface area (Å²) in [6.45, 7) is 5.38. The maximum atomic E-state index is 14.6. The van der Waals surface area contributed by atoms with E-state index in [1.807, 2.05) is 69.3 Å². The molecule has 7 nitrogen and oxygen atoms in total. The molecule has 2 amide bonds. The predicted octanol–water partition coefficient (Wildman–Crippen LogP) is 6.65. The van der Waals surface area contributed by atoms with Crippen molar-refractivity contribution in [1.82, 2.24) is 10.2 Å². The summed E-state index contributed by atoms with van der Waals surface area (Å²) in [7, 11) is -4.16. The Balaban J connectivity index is 1.83. The number of sulfonamides is 1. The van der Waals surface area contributed by atoms with Crippen molar-refractivity contribution in [2.75, 3.05) is 10.8 Å². The first kappa shape index (κ1) is 33.7. The number of rotatable bonds is 14. The third kappa shape index (κ3) is 8.74. The maximum Gasteiger partial charge on any atom is 0.264 e. The molecule has 0 unspecified atom stereocenters. The van der Waals surface area contributed by atoms with E-state index in [1.54, 1.807) is 48.5 Å². The third-order valence-electron chi connectivity index (χ3n) is 7.77. The van der Waals surface area contributed by atoms with Crippen LogP contribution in [0.15, 0.2) is 114 Å². The smallest absolute Gasteiger partial charge is 0.264 e. The summed E-state index contributed by atoms with van der Waals surface area (Å²) in [4.78, 5) is 30.1. The number of carbonyl (C=O) groups excluding carboxylic acids is 2. The molecule has 4 rings (SSSR count). The molecule has 0 saturated heterocycles. The second-order valence-electron chi connectivity index (χ2n) is 11.0. The monoisotopic (exact) mass is 645 g/mol. The number of hydrogen-bond donors (Lipinski definition) is 1. The number of para-hydroxylation sites is 1. The number of anilines is 1. The number of halogens is 1. The highest BCUT2D eigenvalue weighted by Gasteiger charge is 2.35. The molecule has 0 aromatic heterocycles. The Morgan fingerprint density at radius 1 is 0.822 bits per heavy atom. The molecule has 0 aliphatic heterocycles. The highest BCUT2D eigenvalue weighted by Crippen LogP contribution is 2.28. The van der Waals surface area contributed by atoms with E-state index in [1.165, 1.54) is 21.3 Å². The topological polar surface area (TPSA) is 86.8 Å². The van der Waals surface area contributed by atoms with Gasteiger partial charge in [0.1, 0.15) is 12.6 Å².